The smallest absolute Gasteiger partial charge is 0.165 e. The number of rotatable bonds is 3. The average Bonchev–Trinajstić information content (AvgIpc) is 3.20. The summed E-state index contributed by atoms with van der Waals surface area (Å²) in [5.41, 5.74) is 20.1. The first-order valence-corrected chi connectivity index (χ1v) is 10.5. The van der Waals surface area contributed by atoms with Crippen LogP contribution in [0.2, 0.25) is 0 Å². The van der Waals surface area contributed by atoms with E-state index in [1.54, 1.807) is 4.52 Å². The van der Waals surface area contributed by atoms with E-state index in [0.717, 1.165) is 65.3 Å². The van der Waals surface area contributed by atoms with E-state index in [-0.39, 0.29) is 0 Å². The van der Waals surface area contributed by atoms with Crippen LogP contribution in [0.25, 0.3) is 27.9 Å². The molecule has 0 bridgehead atoms. The zero-order chi connectivity index (χ0) is 21.5. The lowest BCUT2D eigenvalue weighted by atomic mass is 10.0. The van der Waals surface area contributed by atoms with Crippen LogP contribution < -0.4 is 16.4 Å². The van der Waals surface area contributed by atoms with Crippen LogP contribution in [0, 0.1) is 6.92 Å². The molecule has 1 aliphatic rings. The van der Waals surface area contributed by atoms with Crippen LogP contribution >= 0.6 is 0 Å². The van der Waals surface area contributed by atoms with Gasteiger partial charge in [-0.3, -0.25) is 0 Å². The maximum Gasteiger partial charge on any atom is 0.165 e. The summed E-state index contributed by atoms with van der Waals surface area (Å²) in [6, 6.07) is 14.4. The van der Waals surface area contributed by atoms with Crippen LogP contribution in [0.1, 0.15) is 5.56 Å². The number of hydrogen-bond acceptors (Lipinski definition) is 6. The monoisotopic (exact) mass is 413 g/mol. The molecule has 2 aromatic carbocycles. The van der Waals surface area contributed by atoms with Gasteiger partial charge in [-0.1, -0.05) is 18.2 Å². The van der Waals surface area contributed by atoms with Gasteiger partial charge in [0.1, 0.15) is 5.82 Å². The van der Waals surface area contributed by atoms with Crippen molar-refractivity contribution in [3.05, 3.63) is 60.4 Å². The zero-order valence-electron chi connectivity index (χ0n) is 17.9. The largest absolute Gasteiger partial charge is 0.399 e. The van der Waals surface area contributed by atoms with Crippen molar-refractivity contribution in [2.45, 2.75) is 6.92 Å². The van der Waals surface area contributed by atoms with Crippen molar-refractivity contribution in [3.8, 4) is 22.3 Å². The van der Waals surface area contributed by atoms with E-state index >= 15 is 0 Å². The number of hydrogen-bond donors (Lipinski definition) is 2. The number of likely N-dealkylation sites (N-methyl/N-ethyl adjacent to an activating group) is 1. The lowest BCUT2D eigenvalue weighted by Crippen LogP contribution is -2.44. The van der Waals surface area contributed by atoms with Crippen molar-refractivity contribution in [2.75, 3.05) is 49.6 Å². The first-order valence-electron chi connectivity index (χ1n) is 10.5. The second kappa shape index (κ2) is 7.59. The van der Waals surface area contributed by atoms with Crippen LogP contribution in [0.4, 0.5) is 17.2 Å². The summed E-state index contributed by atoms with van der Waals surface area (Å²) in [7, 11) is 2.17. The molecule has 0 aliphatic carbocycles. The number of nitrogens with two attached hydrogens (primary N) is 2. The molecule has 0 atom stereocenters. The molecule has 1 saturated heterocycles. The highest BCUT2D eigenvalue weighted by Gasteiger charge is 2.17. The Bertz CT molecular complexity index is 1240. The molecule has 2 aromatic heterocycles. The summed E-state index contributed by atoms with van der Waals surface area (Å²) in [6.07, 6.45) is 3.66. The molecule has 0 radical (unpaired) electrons. The highest BCUT2D eigenvalue weighted by Crippen LogP contribution is 2.32. The quantitative estimate of drug-likeness (QED) is 0.501. The molecule has 3 heterocycles. The molecule has 4 N–H and O–H groups in total. The first-order chi connectivity index (χ1) is 15.0. The Balaban J connectivity index is 1.48. The van der Waals surface area contributed by atoms with Gasteiger partial charge in [-0.2, -0.15) is 9.61 Å². The second-order valence-electron chi connectivity index (χ2n) is 8.26. The molecule has 4 aromatic rings. The normalized spacial score (nSPS) is 15.0. The average molecular weight is 414 g/mol. The Morgan fingerprint density at radius 3 is 2.29 bits per heavy atom. The number of aromatic nitrogens is 3. The third-order valence-electron chi connectivity index (χ3n) is 6.15. The van der Waals surface area contributed by atoms with E-state index in [9.17, 15) is 0 Å². The van der Waals surface area contributed by atoms with E-state index in [1.807, 2.05) is 37.5 Å². The first kappa shape index (κ1) is 19.4. The number of benzene rings is 2. The predicted molar refractivity (Wildman–Crippen MR) is 127 cm³/mol. The molecule has 0 saturated carbocycles. The van der Waals surface area contributed by atoms with Crippen molar-refractivity contribution in [1.29, 1.82) is 0 Å². The highest BCUT2D eigenvalue weighted by atomic mass is 15.3. The number of anilines is 3. The Morgan fingerprint density at radius 2 is 1.58 bits per heavy atom. The predicted octanol–water partition coefficient (Wildman–Crippen LogP) is 3.29. The van der Waals surface area contributed by atoms with Gasteiger partial charge >= 0.3 is 0 Å². The molecule has 5 rings (SSSR count). The molecule has 0 amide bonds. The van der Waals surface area contributed by atoms with E-state index in [4.69, 9.17) is 16.5 Å². The van der Waals surface area contributed by atoms with E-state index < -0.39 is 0 Å². The molecule has 0 spiro atoms. The number of fused-ring (bicyclic) bond motifs is 1. The van der Waals surface area contributed by atoms with E-state index in [2.05, 4.69) is 46.2 Å². The zero-order valence-corrected chi connectivity index (χ0v) is 17.9. The maximum atomic E-state index is 6.50. The lowest BCUT2D eigenvalue weighted by Gasteiger charge is -2.34. The van der Waals surface area contributed by atoms with E-state index in [0.29, 0.717) is 5.82 Å². The molecular formula is C24H27N7. The molecule has 7 heteroatoms. The van der Waals surface area contributed by atoms with Gasteiger partial charge in [0.25, 0.3) is 0 Å². The summed E-state index contributed by atoms with van der Waals surface area (Å²) in [6.45, 7) is 6.31. The van der Waals surface area contributed by atoms with Gasteiger partial charge in [0.05, 0.1) is 6.20 Å². The van der Waals surface area contributed by atoms with Gasteiger partial charge in [0.2, 0.25) is 0 Å². The van der Waals surface area contributed by atoms with Crippen LogP contribution in [0.15, 0.2) is 54.9 Å². The third-order valence-corrected chi connectivity index (χ3v) is 6.15. The molecule has 1 fully saturated rings. The van der Waals surface area contributed by atoms with Crippen LogP contribution in [0.3, 0.4) is 0 Å². The van der Waals surface area contributed by atoms with Crippen LogP contribution in [-0.2, 0) is 0 Å². The summed E-state index contributed by atoms with van der Waals surface area (Å²) in [5.74, 6) is 0.568. The summed E-state index contributed by atoms with van der Waals surface area (Å²) < 4.78 is 1.72. The Kier molecular flexibility index (Phi) is 4.75. The molecular weight excluding hydrogens is 386 g/mol. The minimum absolute atomic E-state index is 0.568. The number of nitrogens with zero attached hydrogens (tertiary/aromatic N) is 5. The summed E-state index contributed by atoms with van der Waals surface area (Å²) in [5, 5.41) is 4.54. The molecule has 7 nitrogen and oxygen atoms in total. The van der Waals surface area contributed by atoms with Crippen molar-refractivity contribution < 1.29 is 0 Å². The van der Waals surface area contributed by atoms with Gasteiger partial charge in [-0.05, 0) is 54.9 Å². The fourth-order valence-corrected chi connectivity index (χ4v) is 4.27. The molecule has 1 aliphatic heterocycles. The fraction of sp³-hybridized carbons (Fsp3) is 0.250. The van der Waals surface area contributed by atoms with Gasteiger partial charge in [-0.15, -0.1) is 0 Å². The molecule has 31 heavy (non-hydrogen) atoms. The third kappa shape index (κ3) is 3.47. The fourth-order valence-electron chi connectivity index (χ4n) is 4.27. The second-order valence-corrected chi connectivity index (χ2v) is 8.26. The van der Waals surface area contributed by atoms with Gasteiger partial charge in [0, 0.05) is 54.9 Å². The maximum absolute atomic E-state index is 6.50. The van der Waals surface area contributed by atoms with Crippen LogP contribution in [-0.4, -0.2) is 52.7 Å². The Hall–Kier alpha value is -3.58. The molecule has 0 unspecified atom stereocenters. The highest BCUT2D eigenvalue weighted by molar-refractivity contribution is 5.83. The van der Waals surface area contributed by atoms with Gasteiger partial charge in [0.15, 0.2) is 5.65 Å². The lowest BCUT2D eigenvalue weighted by molar-refractivity contribution is 0.313. The Morgan fingerprint density at radius 1 is 0.839 bits per heavy atom. The minimum atomic E-state index is 0.568. The van der Waals surface area contributed by atoms with Crippen molar-refractivity contribution in [1.82, 2.24) is 19.5 Å². The Labute approximate surface area is 181 Å². The topological polar surface area (TPSA) is 88.7 Å². The number of piperazine rings is 1. The van der Waals surface area contributed by atoms with Gasteiger partial charge in [-0.25, -0.2) is 4.98 Å². The van der Waals surface area contributed by atoms with Gasteiger partial charge < -0.3 is 21.3 Å². The van der Waals surface area contributed by atoms with E-state index in [1.165, 1.54) is 5.69 Å². The summed E-state index contributed by atoms with van der Waals surface area (Å²) >= 11 is 0. The minimum Gasteiger partial charge on any atom is -0.399 e. The SMILES string of the molecule is Cc1cc(N)ccc1-c1cnc2c(-c3ccc(N4CCN(C)CC4)cc3)cnn2c1N. The van der Waals surface area contributed by atoms with Crippen molar-refractivity contribution in [3.63, 3.8) is 0 Å². The van der Waals surface area contributed by atoms with Crippen LogP contribution in [0.5, 0.6) is 0 Å². The standard InChI is InChI=1S/C24H27N7/c1-16-13-18(25)5-8-20(16)22-14-27-24-21(15-28-31(24)23(22)26)17-3-6-19(7-4-17)30-11-9-29(2)10-12-30/h3-8,13-15H,9-12,25-26H2,1-2H3. The molecule has 158 valence electrons. The van der Waals surface area contributed by atoms with Crippen molar-refractivity contribution >= 4 is 22.8 Å². The summed E-state index contributed by atoms with van der Waals surface area (Å²) in [4.78, 5) is 9.50. The van der Waals surface area contributed by atoms with Crippen molar-refractivity contribution in [2.24, 2.45) is 0 Å². The number of aryl methyl sites for hydroxylation is 1. The number of nitrogen functional groups attached to an aromatic ring is 2.